The van der Waals surface area contributed by atoms with Gasteiger partial charge in [0.2, 0.25) is 21.8 Å². The normalized spacial score (nSPS) is 12.2. The second-order valence-corrected chi connectivity index (χ2v) is 11.0. The van der Waals surface area contributed by atoms with E-state index in [1.54, 1.807) is 50.2 Å². The Bertz CT molecular complexity index is 1140. The van der Waals surface area contributed by atoms with Crippen molar-refractivity contribution in [2.75, 3.05) is 23.7 Å². The van der Waals surface area contributed by atoms with Crippen LogP contribution in [0.1, 0.15) is 31.4 Å². The van der Waals surface area contributed by atoms with Gasteiger partial charge in [0, 0.05) is 33.7 Å². The number of carbonyl (C=O) groups is 2. The number of anilines is 1. The molecule has 0 saturated carbocycles. The summed E-state index contributed by atoms with van der Waals surface area (Å²) < 4.78 is 26.3. The Morgan fingerprint density at radius 2 is 1.71 bits per heavy atom. The van der Waals surface area contributed by atoms with E-state index in [1.165, 1.54) is 4.90 Å². The fourth-order valence-electron chi connectivity index (χ4n) is 3.33. The van der Waals surface area contributed by atoms with Crippen molar-refractivity contribution >= 4 is 62.3 Å². The van der Waals surface area contributed by atoms with Gasteiger partial charge in [0.25, 0.3) is 0 Å². The van der Waals surface area contributed by atoms with Crippen molar-refractivity contribution in [2.24, 2.45) is 0 Å². The van der Waals surface area contributed by atoms with Crippen LogP contribution in [0.4, 0.5) is 5.69 Å². The first kappa shape index (κ1) is 28.2. The molecule has 1 atom stereocenters. The minimum Gasteiger partial charge on any atom is -0.354 e. The van der Waals surface area contributed by atoms with Crippen LogP contribution in [0, 0.1) is 6.92 Å². The Morgan fingerprint density at radius 1 is 1.09 bits per heavy atom. The first-order chi connectivity index (χ1) is 15.9. The van der Waals surface area contributed by atoms with Crippen molar-refractivity contribution in [1.82, 2.24) is 10.2 Å². The number of aryl methyl sites for hydroxylation is 1. The number of benzene rings is 2. The number of halogens is 3. The summed E-state index contributed by atoms with van der Waals surface area (Å²) in [5, 5.41) is 3.88. The molecule has 186 valence electrons. The molecule has 34 heavy (non-hydrogen) atoms. The fraction of sp³-hybridized carbons (Fsp3) is 0.391. The van der Waals surface area contributed by atoms with Gasteiger partial charge in [-0.05, 0) is 56.2 Å². The molecule has 0 aliphatic carbocycles. The van der Waals surface area contributed by atoms with E-state index in [2.05, 4.69) is 5.32 Å². The van der Waals surface area contributed by atoms with Gasteiger partial charge in [-0.25, -0.2) is 8.42 Å². The van der Waals surface area contributed by atoms with Crippen molar-refractivity contribution in [3.8, 4) is 0 Å². The molecule has 2 aromatic carbocycles. The van der Waals surface area contributed by atoms with Gasteiger partial charge < -0.3 is 10.2 Å². The second kappa shape index (κ2) is 12.1. The third-order valence-corrected chi connectivity index (χ3v) is 7.28. The number of nitrogens with one attached hydrogen (secondary N) is 1. The Morgan fingerprint density at radius 3 is 2.24 bits per heavy atom. The van der Waals surface area contributed by atoms with Gasteiger partial charge in [0.05, 0.1) is 11.9 Å². The lowest BCUT2D eigenvalue weighted by atomic mass is 10.1. The minimum atomic E-state index is -3.84. The molecule has 0 radical (unpaired) electrons. The quantitative estimate of drug-likeness (QED) is 0.468. The number of carbonyl (C=O) groups excluding carboxylic acids is 2. The SMILES string of the molecule is CCCNC(=O)[C@@H](C)N(Cc1c(Cl)cccc1Cl)C(=O)CN(c1ccc(Cl)cc1C)S(C)(=O)=O. The van der Waals surface area contributed by atoms with Crippen LogP contribution in [-0.4, -0.2) is 50.5 Å². The summed E-state index contributed by atoms with van der Waals surface area (Å²) >= 11 is 18.6. The molecule has 0 bridgehead atoms. The zero-order valence-electron chi connectivity index (χ0n) is 19.4. The molecule has 2 aromatic rings. The van der Waals surface area contributed by atoms with Crippen LogP contribution in [0.3, 0.4) is 0 Å². The summed E-state index contributed by atoms with van der Waals surface area (Å²) in [4.78, 5) is 27.5. The van der Waals surface area contributed by atoms with Crippen LogP contribution >= 0.6 is 34.8 Å². The number of rotatable bonds is 10. The molecule has 0 aromatic heterocycles. The molecule has 11 heteroatoms. The standard InChI is InChI=1S/C23H28Cl3N3O4S/c1-5-11-27-23(31)16(3)28(13-18-19(25)7-6-8-20(18)26)22(30)14-29(34(4,32)33)21-10-9-17(24)12-15(21)2/h6-10,12,16H,5,11,13-14H2,1-4H3,(H,27,31)/t16-/m1/s1. The third-order valence-electron chi connectivity index (χ3n) is 5.21. The van der Waals surface area contributed by atoms with E-state index in [0.717, 1.165) is 17.0 Å². The van der Waals surface area contributed by atoms with E-state index in [-0.39, 0.29) is 12.5 Å². The second-order valence-electron chi connectivity index (χ2n) is 7.89. The summed E-state index contributed by atoms with van der Waals surface area (Å²) in [6, 6.07) is 8.74. The van der Waals surface area contributed by atoms with Crippen LogP contribution in [0.15, 0.2) is 36.4 Å². The minimum absolute atomic E-state index is 0.0742. The average molecular weight is 549 g/mol. The summed E-state index contributed by atoms with van der Waals surface area (Å²) in [5.74, 6) is -0.957. The Balaban J connectivity index is 2.46. The topological polar surface area (TPSA) is 86.8 Å². The summed E-state index contributed by atoms with van der Waals surface area (Å²) in [5.41, 5.74) is 1.36. The molecule has 0 unspecified atom stereocenters. The lowest BCUT2D eigenvalue weighted by Gasteiger charge is -2.32. The predicted octanol–water partition coefficient (Wildman–Crippen LogP) is 4.66. The third kappa shape index (κ3) is 7.25. The maximum Gasteiger partial charge on any atom is 0.244 e. The maximum absolute atomic E-state index is 13.5. The van der Waals surface area contributed by atoms with E-state index >= 15 is 0 Å². The predicted molar refractivity (Wildman–Crippen MR) is 138 cm³/mol. The number of sulfonamides is 1. The zero-order valence-corrected chi connectivity index (χ0v) is 22.5. The van der Waals surface area contributed by atoms with E-state index < -0.39 is 28.5 Å². The molecule has 7 nitrogen and oxygen atoms in total. The van der Waals surface area contributed by atoms with Gasteiger partial charge in [-0.15, -0.1) is 0 Å². The number of amides is 2. The fourth-order valence-corrected chi connectivity index (χ4v) is 4.98. The molecular weight excluding hydrogens is 521 g/mol. The number of hydrogen-bond donors (Lipinski definition) is 1. The molecule has 2 amide bonds. The van der Waals surface area contributed by atoms with Gasteiger partial charge in [0.1, 0.15) is 12.6 Å². The molecule has 0 spiro atoms. The highest BCUT2D eigenvalue weighted by Gasteiger charge is 2.31. The molecule has 2 rings (SSSR count). The first-order valence-corrected chi connectivity index (χ1v) is 13.6. The Labute approximate surface area is 216 Å². The smallest absolute Gasteiger partial charge is 0.244 e. The maximum atomic E-state index is 13.5. The number of nitrogens with zero attached hydrogens (tertiary/aromatic N) is 2. The van der Waals surface area contributed by atoms with E-state index in [0.29, 0.717) is 38.4 Å². The van der Waals surface area contributed by atoms with Gasteiger partial charge in [-0.2, -0.15) is 0 Å². The highest BCUT2D eigenvalue weighted by atomic mass is 35.5. The van der Waals surface area contributed by atoms with Crippen molar-refractivity contribution in [3.63, 3.8) is 0 Å². The van der Waals surface area contributed by atoms with Crippen molar-refractivity contribution in [1.29, 1.82) is 0 Å². The van der Waals surface area contributed by atoms with E-state index in [1.807, 2.05) is 6.92 Å². The molecule has 0 heterocycles. The summed E-state index contributed by atoms with van der Waals surface area (Å²) in [6.45, 7) is 5.04. The lowest BCUT2D eigenvalue weighted by molar-refractivity contribution is -0.139. The Hall–Kier alpha value is -2.00. The van der Waals surface area contributed by atoms with E-state index in [9.17, 15) is 18.0 Å². The van der Waals surface area contributed by atoms with E-state index in [4.69, 9.17) is 34.8 Å². The van der Waals surface area contributed by atoms with Gasteiger partial charge in [0.15, 0.2) is 0 Å². The van der Waals surface area contributed by atoms with Gasteiger partial charge in [-0.1, -0.05) is 47.8 Å². The summed E-state index contributed by atoms with van der Waals surface area (Å²) in [6.07, 6.45) is 1.74. The van der Waals surface area contributed by atoms with Crippen LogP contribution in [-0.2, 0) is 26.2 Å². The van der Waals surface area contributed by atoms with Crippen LogP contribution in [0.2, 0.25) is 15.1 Å². The molecular formula is C23H28Cl3N3O4S. The van der Waals surface area contributed by atoms with Crippen LogP contribution in [0.5, 0.6) is 0 Å². The Kier molecular flexibility index (Phi) is 10.1. The zero-order chi connectivity index (χ0) is 25.6. The van der Waals surface area contributed by atoms with Crippen molar-refractivity contribution in [2.45, 2.75) is 39.8 Å². The highest BCUT2D eigenvalue weighted by Crippen LogP contribution is 2.28. The largest absolute Gasteiger partial charge is 0.354 e. The average Bonchev–Trinajstić information content (AvgIpc) is 2.74. The van der Waals surface area contributed by atoms with Gasteiger partial charge in [-0.3, -0.25) is 13.9 Å². The van der Waals surface area contributed by atoms with Crippen molar-refractivity contribution in [3.05, 3.63) is 62.6 Å². The highest BCUT2D eigenvalue weighted by molar-refractivity contribution is 7.92. The molecule has 0 saturated heterocycles. The van der Waals surface area contributed by atoms with Gasteiger partial charge >= 0.3 is 0 Å². The summed E-state index contributed by atoms with van der Waals surface area (Å²) in [7, 11) is -3.84. The van der Waals surface area contributed by atoms with Crippen molar-refractivity contribution < 1.29 is 18.0 Å². The van der Waals surface area contributed by atoms with Crippen LogP contribution < -0.4 is 9.62 Å². The molecule has 0 aliphatic heterocycles. The number of hydrogen-bond acceptors (Lipinski definition) is 4. The molecule has 0 fully saturated rings. The molecule has 0 aliphatic rings. The monoisotopic (exact) mass is 547 g/mol. The lowest BCUT2D eigenvalue weighted by Crippen LogP contribution is -2.51. The first-order valence-electron chi connectivity index (χ1n) is 10.6. The van der Waals surface area contributed by atoms with Crippen LogP contribution in [0.25, 0.3) is 0 Å². The molecule has 1 N–H and O–H groups in total.